The normalized spacial score (nSPS) is 11.9. The minimum Gasteiger partial charge on any atom is -0.258 e. The fourth-order valence-electron chi connectivity index (χ4n) is 6.50. The van der Waals surface area contributed by atoms with Gasteiger partial charge in [0.25, 0.3) is 11.4 Å². The Morgan fingerprint density at radius 3 is 0.875 bits per heavy atom. The number of benzene rings is 7. The van der Waals surface area contributed by atoms with Crippen molar-refractivity contribution in [2.75, 3.05) is 0 Å². The van der Waals surface area contributed by atoms with Gasteiger partial charge in [0, 0.05) is 24.3 Å². The third-order valence-corrected chi connectivity index (χ3v) is 9.42. The zero-order valence-electron chi connectivity index (χ0n) is 30.3. The third kappa shape index (κ3) is 8.90. The van der Waals surface area contributed by atoms with E-state index < -0.39 is 0 Å². The molecule has 0 spiro atoms. The summed E-state index contributed by atoms with van der Waals surface area (Å²) in [6, 6.07) is 58.0. The van der Waals surface area contributed by atoms with Gasteiger partial charge < -0.3 is 0 Å². The minimum atomic E-state index is -0.384. The van der Waals surface area contributed by atoms with Gasteiger partial charge in [-0.3, -0.25) is 20.2 Å². The molecule has 0 fully saturated rings. The molecule has 0 bridgehead atoms. The Morgan fingerprint density at radius 2 is 0.571 bits per heavy atom. The molecule has 0 aliphatic carbocycles. The van der Waals surface area contributed by atoms with Gasteiger partial charge in [-0.2, -0.15) is 0 Å². The van der Waals surface area contributed by atoms with Crippen molar-refractivity contribution in [1.29, 1.82) is 0 Å². The van der Waals surface area contributed by atoms with Crippen molar-refractivity contribution in [1.82, 2.24) is 0 Å². The molecular weight excluding hydrogens is 693 g/mol. The summed E-state index contributed by atoms with van der Waals surface area (Å²) in [5.74, 6) is 0. The van der Waals surface area contributed by atoms with Crippen LogP contribution in [0.2, 0.25) is 0 Å². The van der Waals surface area contributed by atoms with E-state index in [4.69, 9.17) is 0 Å². The van der Waals surface area contributed by atoms with Gasteiger partial charge in [-0.05, 0) is 103 Å². The van der Waals surface area contributed by atoms with Gasteiger partial charge >= 0.3 is 0 Å². The molecule has 6 nitrogen and oxygen atoms in total. The Balaban J connectivity index is 1.21. The summed E-state index contributed by atoms with van der Waals surface area (Å²) in [4.78, 5) is 21.9. The zero-order chi connectivity index (χ0) is 38.7. The molecule has 0 aromatic heterocycles. The van der Waals surface area contributed by atoms with Crippen molar-refractivity contribution >= 4 is 59.0 Å². The summed E-state index contributed by atoms with van der Waals surface area (Å²) < 4.78 is 0. The monoisotopic (exact) mass is 728 g/mol. The zero-order valence-corrected chi connectivity index (χ0v) is 30.3. The minimum absolute atomic E-state index is 0.0522. The van der Waals surface area contributed by atoms with Crippen molar-refractivity contribution in [3.05, 3.63) is 258 Å². The second kappa shape index (κ2) is 17.4. The molecule has 0 radical (unpaired) electrons. The molecule has 0 saturated carbocycles. The molecular formula is C50H36N2O4. The van der Waals surface area contributed by atoms with E-state index in [1.54, 1.807) is 24.3 Å². The van der Waals surface area contributed by atoms with Crippen molar-refractivity contribution < 1.29 is 9.85 Å². The van der Waals surface area contributed by atoms with E-state index in [-0.39, 0.29) is 21.2 Å². The summed E-state index contributed by atoms with van der Waals surface area (Å²) in [5.41, 5.74) is 12.0. The maximum absolute atomic E-state index is 11.4. The van der Waals surface area contributed by atoms with Crippen LogP contribution in [-0.2, 0) is 0 Å². The molecule has 56 heavy (non-hydrogen) atoms. The van der Waals surface area contributed by atoms with Gasteiger partial charge in [-0.25, -0.2) is 0 Å². The summed E-state index contributed by atoms with van der Waals surface area (Å²) in [6.45, 7) is 0. The molecule has 0 atom stereocenters. The first-order valence-electron chi connectivity index (χ1n) is 18.1. The predicted molar refractivity (Wildman–Crippen MR) is 230 cm³/mol. The first-order chi connectivity index (χ1) is 27.4. The van der Waals surface area contributed by atoms with Crippen LogP contribution in [0.3, 0.4) is 0 Å². The number of hydrogen-bond donors (Lipinski definition) is 0. The summed E-state index contributed by atoms with van der Waals surface area (Å²) in [7, 11) is 0. The topological polar surface area (TPSA) is 86.3 Å². The Kier molecular flexibility index (Phi) is 11.4. The Hall–Kier alpha value is -7.70. The fourth-order valence-corrected chi connectivity index (χ4v) is 6.50. The van der Waals surface area contributed by atoms with Crippen LogP contribution in [0.4, 0.5) is 11.4 Å². The highest BCUT2D eigenvalue weighted by atomic mass is 16.6. The Labute approximate surface area is 325 Å². The highest BCUT2D eigenvalue weighted by molar-refractivity contribution is 5.95. The first-order valence-corrected chi connectivity index (χ1v) is 18.1. The highest BCUT2D eigenvalue weighted by Crippen LogP contribution is 2.31. The number of nitro groups is 2. The van der Waals surface area contributed by atoms with Crippen LogP contribution >= 0.6 is 0 Å². The van der Waals surface area contributed by atoms with E-state index in [0.29, 0.717) is 0 Å². The van der Waals surface area contributed by atoms with Gasteiger partial charge in [-0.15, -0.1) is 0 Å². The molecule has 6 heteroatoms. The lowest BCUT2D eigenvalue weighted by atomic mass is 9.93. The van der Waals surface area contributed by atoms with E-state index in [0.717, 1.165) is 66.8 Å². The number of nitro benzene ring substituents is 2. The molecule has 7 aromatic carbocycles. The van der Waals surface area contributed by atoms with E-state index in [1.807, 2.05) is 97.1 Å². The number of rotatable bonds is 12. The van der Waals surface area contributed by atoms with Gasteiger partial charge in [0.2, 0.25) is 0 Å². The average Bonchev–Trinajstić information content (AvgIpc) is 3.25. The van der Waals surface area contributed by atoms with E-state index in [2.05, 4.69) is 72.9 Å². The number of hydrogen-bond acceptors (Lipinski definition) is 4. The summed E-state index contributed by atoms with van der Waals surface area (Å²) >= 11 is 0. The molecule has 7 aromatic rings. The second-order valence-corrected chi connectivity index (χ2v) is 13.0. The quantitative estimate of drug-likeness (QED) is 0.0712. The van der Waals surface area contributed by atoms with Crippen LogP contribution in [0.15, 0.2) is 182 Å². The van der Waals surface area contributed by atoms with Crippen molar-refractivity contribution in [2.45, 2.75) is 0 Å². The molecule has 0 unspecified atom stereocenters. The van der Waals surface area contributed by atoms with Crippen LogP contribution in [0.1, 0.15) is 55.6 Å². The maximum atomic E-state index is 11.4. The van der Waals surface area contributed by atoms with Crippen LogP contribution in [0.5, 0.6) is 0 Å². The standard InChI is InChI=1S/C50H36N2O4/c53-51(54)47-31-27-43(28-32-47)49(41-17-3-1-4-18-41)35-45-21-11-9-15-39(45)25-23-37-13-7-8-14-38(37)24-26-40-16-10-12-22-46(40)36-50(42-19-5-2-6-20-42)44-29-33-48(34-30-44)52(55)56/h1-36H/b25-23?,26-24?,49-35-,50-36-. The molecule has 0 amide bonds. The molecule has 0 heterocycles. The summed E-state index contributed by atoms with van der Waals surface area (Å²) in [5, 5.41) is 22.7. The van der Waals surface area contributed by atoms with Crippen LogP contribution in [0, 0.1) is 20.2 Å². The molecule has 0 aliphatic heterocycles. The average molecular weight is 729 g/mol. The van der Waals surface area contributed by atoms with Gasteiger partial charge in [0.05, 0.1) is 9.85 Å². The smallest absolute Gasteiger partial charge is 0.258 e. The largest absolute Gasteiger partial charge is 0.269 e. The summed E-state index contributed by atoms with van der Waals surface area (Å²) in [6.07, 6.45) is 12.7. The highest BCUT2D eigenvalue weighted by Gasteiger charge is 2.12. The van der Waals surface area contributed by atoms with Gasteiger partial charge in [0.1, 0.15) is 0 Å². The van der Waals surface area contributed by atoms with Crippen LogP contribution in [-0.4, -0.2) is 9.85 Å². The molecule has 7 rings (SSSR count). The van der Waals surface area contributed by atoms with Crippen molar-refractivity contribution in [3.63, 3.8) is 0 Å². The molecule has 0 N–H and O–H groups in total. The predicted octanol–water partition coefficient (Wildman–Crippen LogP) is 13.0. The lowest BCUT2D eigenvalue weighted by Crippen LogP contribution is -1.92. The number of non-ortho nitro benzene ring substituents is 2. The second-order valence-electron chi connectivity index (χ2n) is 13.0. The van der Waals surface area contributed by atoms with E-state index in [9.17, 15) is 20.2 Å². The third-order valence-electron chi connectivity index (χ3n) is 9.42. The van der Waals surface area contributed by atoms with Crippen LogP contribution in [0.25, 0.3) is 47.6 Å². The Bertz CT molecular complexity index is 2420. The van der Waals surface area contributed by atoms with Crippen molar-refractivity contribution in [2.24, 2.45) is 0 Å². The number of nitrogens with zero attached hydrogens (tertiary/aromatic N) is 2. The molecule has 0 saturated heterocycles. The fraction of sp³-hybridized carbons (Fsp3) is 0. The lowest BCUT2D eigenvalue weighted by Gasteiger charge is -2.11. The van der Waals surface area contributed by atoms with Crippen molar-refractivity contribution in [3.8, 4) is 0 Å². The van der Waals surface area contributed by atoms with E-state index >= 15 is 0 Å². The first kappa shape index (κ1) is 36.6. The molecule has 0 aliphatic rings. The van der Waals surface area contributed by atoms with Crippen LogP contribution < -0.4 is 0 Å². The SMILES string of the molecule is O=[N+]([O-])c1ccc(/C(=C\c2ccccc2C=Cc2ccccc2C=Cc2ccccc2/C=C(/c2ccccc2)c2ccc([N+](=O)[O-])cc2)c2ccccc2)cc1. The maximum Gasteiger partial charge on any atom is 0.269 e. The van der Waals surface area contributed by atoms with Gasteiger partial charge in [0.15, 0.2) is 0 Å². The molecule has 270 valence electrons. The van der Waals surface area contributed by atoms with E-state index in [1.165, 1.54) is 24.3 Å². The van der Waals surface area contributed by atoms with Gasteiger partial charge in [-0.1, -0.05) is 158 Å². The Morgan fingerprint density at radius 1 is 0.321 bits per heavy atom. The lowest BCUT2D eigenvalue weighted by molar-refractivity contribution is -0.385.